The third kappa shape index (κ3) is 65.0. The van der Waals surface area contributed by atoms with E-state index in [4.69, 9.17) is 9.47 Å². The minimum Gasteiger partial charge on any atom is -0.466 e. The molecule has 0 spiro atoms. The summed E-state index contributed by atoms with van der Waals surface area (Å²) in [6, 6.07) is 0. The highest BCUT2D eigenvalue weighted by molar-refractivity contribution is 5.69. The number of rotatable bonds is 64. The molecule has 0 saturated carbocycles. The van der Waals surface area contributed by atoms with Crippen LogP contribution in [0.15, 0.2) is 0 Å². The summed E-state index contributed by atoms with van der Waals surface area (Å²) in [7, 11) is 0. The summed E-state index contributed by atoms with van der Waals surface area (Å²) in [5.41, 5.74) is 0. The lowest BCUT2D eigenvalue weighted by atomic mass is 10.0. The lowest BCUT2D eigenvalue weighted by Gasteiger charge is -2.06. The van der Waals surface area contributed by atoms with Gasteiger partial charge < -0.3 is 9.47 Å². The number of esters is 2. The van der Waals surface area contributed by atoms with Gasteiger partial charge in [-0.1, -0.05) is 367 Å². The summed E-state index contributed by atoms with van der Waals surface area (Å²) in [6.45, 7) is 5.85. The van der Waals surface area contributed by atoms with Crippen molar-refractivity contribution in [3.63, 3.8) is 0 Å². The second-order valence-corrected chi connectivity index (χ2v) is 23.1. The van der Waals surface area contributed by atoms with Crippen LogP contribution in [0.5, 0.6) is 0 Å². The first kappa shape index (κ1) is 69.9. The Kier molecular flexibility index (Phi) is 64.1. The summed E-state index contributed by atoms with van der Waals surface area (Å²) in [4.78, 5) is 24.2. The van der Waals surface area contributed by atoms with Gasteiger partial charge in [-0.25, -0.2) is 0 Å². The van der Waals surface area contributed by atoms with Crippen LogP contribution in [0.3, 0.4) is 0 Å². The molecule has 0 amide bonds. The molecule has 0 fully saturated rings. The minimum absolute atomic E-state index is 0.0238. The molecule has 0 atom stereocenters. The van der Waals surface area contributed by atoms with E-state index >= 15 is 0 Å². The Hall–Kier alpha value is -1.06. The van der Waals surface area contributed by atoms with Crippen molar-refractivity contribution in [3.8, 4) is 0 Å². The van der Waals surface area contributed by atoms with Gasteiger partial charge in [0.05, 0.1) is 13.2 Å². The Labute approximate surface area is 447 Å². The summed E-state index contributed by atoms with van der Waals surface area (Å²) in [6.07, 6.45) is 81.7. The lowest BCUT2D eigenvalue weighted by molar-refractivity contribution is -0.144. The maximum Gasteiger partial charge on any atom is 0.305 e. The normalized spacial score (nSPS) is 11.5. The van der Waals surface area contributed by atoms with Crippen LogP contribution in [-0.2, 0) is 19.1 Å². The van der Waals surface area contributed by atoms with Crippen molar-refractivity contribution < 1.29 is 19.1 Å². The second-order valence-electron chi connectivity index (χ2n) is 23.1. The smallest absolute Gasteiger partial charge is 0.305 e. The van der Waals surface area contributed by atoms with Crippen molar-refractivity contribution in [2.45, 2.75) is 406 Å². The van der Waals surface area contributed by atoms with Crippen molar-refractivity contribution in [1.29, 1.82) is 0 Å². The van der Waals surface area contributed by atoms with Gasteiger partial charge in [0.25, 0.3) is 0 Å². The van der Waals surface area contributed by atoms with E-state index in [9.17, 15) is 9.59 Å². The van der Waals surface area contributed by atoms with Crippen LogP contribution >= 0.6 is 0 Å². The molecule has 0 rings (SSSR count). The van der Waals surface area contributed by atoms with E-state index in [0.717, 1.165) is 25.7 Å². The molecule has 0 bridgehead atoms. The van der Waals surface area contributed by atoms with Crippen molar-refractivity contribution in [2.24, 2.45) is 0 Å². The number of ether oxygens (including phenoxy) is 2. The molecule has 0 aliphatic rings. The first-order valence-corrected chi connectivity index (χ1v) is 33.5. The molecular weight excluding hydrogens is 869 g/mol. The van der Waals surface area contributed by atoms with Gasteiger partial charge >= 0.3 is 11.9 Å². The monoisotopic (exact) mass is 1000 g/mol. The number of carbonyl (C=O) groups is 2. The fourth-order valence-electron chi connectivity index (χ4n) is 10.8. The third-order valence-corrected chi connectivity index (χ3v) is 15.8. The molecule has 0 aromatic carbocycles. The van der Waals surface area contributed by atoms with E-state index in [0.29, 0.717) is 26.1 Å². The fourth-order valence-corrected chi connectivity index (χ4v) is 10.8. The van der Waals surface area contributed by atoms with Crippen LogP contribution < -0.4 is 0 Å². The minimum atomic E-state index is 0.0238. The molecule has 0 aliphatic carbocycles. The first-order valence-electron chi connectivity index (χ1n) is 33.5. The molecule has 0 N–H and O–H groups in total. The van der Waals surface area contributed by atoms with E-state index in [2.05, 4.69) is 13.8 Å². The zero-order valence-electron chi connectivity index (χ0n) is 49.2. The van der Waals surface area contributed by atoms with Crippen LogP contribution in [0.4, 0.5) is 0 Å². The Balaban J connectivity index is 3.19. The third-order valence-electron chi connectivity index (χ3n) is 15.8. The van der Waals surface area contributed by atoms with Crippen LogP contribution in [0.2, 0.25) is 0 Å². The first-order chi connectivity index (χ1) is 35.2. The van der Waals surface area contributed by atoms with Gasteiger partial charge in [-0.05, 0) is 25.7 Å². The van der Waals surface area contributed by atoms with E-state index < -0.39 is 0 Å². The van der Waals surface area contributed by atoms with Crippen LogP contribution in [0.25, 0.3) is 0 Å². The SMILES string of the molecule is CCCCCCCCCCCCCCCCCCCCCCOC(=O)CCCCCCCCCCCCCCCCCCCCCC(=O)OCCCCCCCCCCCCCCCCCCCCCC. The highest BCUT2D eigenvalue weighted by atomic mass is 16.5. The van der Waals surface area contributed by atoms with E-state index in [-0.39, 0.29) is 11.9 Å². The number of hydrogen-bond acceptors (Lipinski definition) is 4. The molecule has 0 heterocycles. The molecule has 0 aromatic heterocycles. The predicted octanol–water partition coefficient (Wildman–Crippen LogP) is 23.9. The molecule has 0 aromatic rings. The predicted molar refractivity (Wildman–Crippen MR) is 315 cm³/mol. The van der Waals surface area contributed by atoms with Gasteiger partial charge in [0.1, 0.15) is 0 Å². The summed E-state index contributed by atoms with van der Waals surface area (Å²) in [5, 5.41) is 0. The van der Waals surface area contributed by atoms with E-state index in [1.807, 2.05) is 0 Å². The molecule has 4 nitrogen and oxygen atoms in total. The molecule has 4 heteroatoms. The topological polar surface area (TPSA) is 52.6 Å². The quantitative estimate of drug-likeness (QED) is 0.0450. The lowest BCUT2D eigenvalue weighted by Crippen LogP contribution is -2.05. The van der Waals surface area contributed by atoms with E-state index in [1.165, 1.54) is 353 Å². The van der Waals surface area contributed by atoms with Gasteiger partial charge in [0, 0.05) is 12.8 Å². The highest BCUT2D eigenvalue weighted by Gasteiger charge is 2.05. The highest BCUT2D eigenvalue weighted by Crippen LogP contribution is 2.19. The Bertz CT molecular complexity index is 903. The van der Waals surface area contributed by atoms with Crippen molar-refractivity contribution in [3.05, 3.63) is 0 Å². The molecule has 0 saturated heterocycles. The van der Waals surface area contributed by atoms with Crippen LogP contribution in [-0.4, -0.2) is 25.2 Å². The maximum absolute atomic E-state index is 12.1. The summed E-state index contributed by atoms with van der Waals surface area (Å²) in [5.74, 6) is 0.0475. The Morgan fingerprint density at radius 1 is 0.183 bits per heavy atom. The fraction of sp³-hybridized carbons (Fsp3) is 0.970. The number of unbranched alkanes of at least 4 members (excludes halogenated alkanes) is 56. The van der Waals surface area contributed by atoms with Crippen molar-refractivity contribution >= 4 is 11.9 Å². The molecule has 0 unspecified atom stereocenters. The van der Waals surface area contributed by atoms with Gasteiger partial charge in [0.2, 0.25) is 0 Å². The average Bonchev–Trinajstić information content (AvgIpc) is 3.37. The van der Waals surface area contributed by atoms with Gasteiger partial charge in [-0.2, -0.15) is 0 Å². The van der Waals surface area contributed by atoms with Gasteiger partial charge in [0.15, 0.2) is 0 Å². The zero-order valence-corrected chi connectivity index (χ0v) is 49.2. The van der Waals surface area contributed by atoms with Crippen molar-refractivity contribution in [2.75, 3.05) is 13.2 Å². The van der Waals surface area contributed by atoms with E-state index in [1.54, 1.807) is 0 Å². The largest absolute Gasteiger partial charge is 0.466 e. The van der Waals surface area contributed by atoms with Crippen LogP contribution in [0.1, 0.15) is 406 Å². The summed E-state index contributed by atoms with van der Waals surface area (Å²) < 4.78 is 11.0. The summed E-state index contributed by atoms with van der Waals surface area (Å²) >= 11 is 0. The van der Waals surface area contributed by atoms with Crippen LogP contribution in [0, 0.1) is 0 Å². The molecule has 0 radical (unpaired) electrons. The molecule has 0 aliphatic heterocycles. The molecule has 71 heavy (non-hydrogen) atoms. The average molecular weight is 1000 g/mol. The zero-order chi connectivity index (χ0) is 51.1. The van der Waals surface area contributed by atoms with Gasteiger partial charge in [-0.15, -0.1) is 0 Å². The molecular formula is C67H132O4. The standard InChI is InChI=1S/C67H132O4/c1-3-5-7-9-11-13-15-17-19-21-23-28-32-36-40-44-48-52-56-60-64-70-66(68)62-58-54-50-46-42-38-34-30-26-25-27-31-35-39-43-47-51-55-59-63-67(69)71-65-61-57-53-49-45-41-37-33-29-24-22-20-18-16-14-12-10-8-6-4-2/h3-65H2,1-2H3. The van der Waals surface area contributed by atoms with Gasteiger partial charge in [-0.3, -0.25) is 9.59 Å². The number of carbonyl (C=O) groups excluding carboxylic acids is 2. The Morgan fingerprint density at radius 2 is 0.310 bits per heavy atom. The second kappa shape index (κ2) is 65.1. The number of hydrogen-bond donors (Lipinski definition) is 0. The molecule has 424 valence electrons. The Morgan fingerprint density at radius 3 is 0.465 bits per heavy atom. The maximum atomic E-state index is 12.1. The van der Waals surface area contributed by atoms with Crippen molar-refractivity contribution in [1.82, 2.24) is 0 Å².